The molecule has 0 spiro atoms. The van der Waals surface area contributed by atoms with E-state index in [1.807, 2.05) is 0 Å². The molecular weight excluding hydrogens is 286 g/mol. The highest BCUT2D eigenvalue weighted by Gasteiger charge is 2.21. The first-order valence-corrected chi connectivity index (χ1v) is 7.32. The van der Waals surface area contributed by atoms with Gasteiger partial charge in [-0.1, -0.05) is 32.4 Å². The summed E-state index contributed by atoms with van der Waals surface area (Å²) in [5, 5.41) is 0.119. The Hall–Kier alpha value is -0.800. The predicted molar refractivity (Wildman–Crippen MR) is 78.4 cm³/mol. The number of halogens is 3. The molecule has 104 valence electrons. The van der Waals surface area contributed by atoms with Crippen molar-refractivity contribution >= 4 is 34.2 Å². The fourth-order valence-electron chi connectivity index (χ4n) is 2.56. The van der Waals surface area contributed by atoms with Gasteiger partial charge in [-0.05, 0) is 18.4 Å². The van der Waals surface area contributed by atoms with Crippen LogP contribution in [0.2, 0.25) is 5.02 Å². The summed E-state index contributed by atoms with van der Waals surface area (Å²) in [6.45, 7) is 6.44. The van der Waals surface area contributed by atoms with Gasteiger partial charge < -0.3 is 4.57 Å². The Bertz CT molecular complexity index is 593. The van der Waals surface area contributed by atoms with Crippen molar-refractivity contribution in [1.29, 1.82) is 0 Å². The Labute approximate surface area is 122 Å². The molecule has 2 aromatic rings. The van der Waals surface area contributed by atoms with Crippen molar-refractivity contribution in [1.82, 2.24) is 9.55 Å². The van der Waals surface area contributed by atoms with Gasteiger partial charge in [0, 0.05) is 12.1 Å². The molecule has 0 bridgehead atoms. The van der Waals surface area contributed by atoms with Crippen LogP contribution in [-0.4, -0.2) is 9.55 Å². The second kappa shape index (κ2) is 5.68. The Balaban J connectivity index is 2.72. The standard InChI is InChI=1S/C14H17Cl2FN2/c1-4-12(8(2)3)19-13-5-9(16)10(17)6-11(13)18-14(19)7-15/h5-6,8,12H,4,7H2,1-3H3. The van der Waals surface area contributed by atoms with Crippen LogP contribution in [0.15, 0.2) is 12.1 Å². The van der Waals surface area contributed by atoms with Crippen LogP contribution in [0.4, 0.5) is 4.39 Å². The second-order valence-electron chi connectivity index (χ2n) is 5.01. The minimum atomic E-state index is -0.447. The average Bonchev–Trinajstić information content (AvgIpc) is 2.69. The van der Waals surface area contributed by atoms with Crippen LogP contribution in [0.25, 0.3) is 11.0 Å². The molecule has 1 atom stereocenters. The van der Waals surface area contributed by atoms with Gasteiger partial charge in [-0.3, -0.25) is 0 Å². The lowest BCUT2D eigenvalue weighted by Crippen LogP contribution is -2.16. The van der Waals surface area contributed by atoms with E-state index in [0.717, 1.165) is 17.8 Å². The summed E-state index contributed by atoms with van der Waals surface area (Å²) in [6.07, 6.45) is 0.960. The lowest BCUT2D eigenvalue weighted by atomic mass is 10.0. The predicted octanol–water partition coefficient (Wildman–Crippen LogP) is 5.17. The monoisotopic (exact) mass is 302 g/mol. The first-order valence-electron chi connectivity index (χ1n) is 6.41. The maximum atomic E-state index is 13.5. The third kappa shape index (κ3) is 2.59. The third-order valence-electron chi connectivity index (χ3n) is 3.44. The molecule has 0 saturated carbocycles. The van der Waals surface area contributed by atoms with E-state index in [9.17, 15) is 4.39 Å². The molecule has 1 unspecified atom stereocenters. The number of hydrogen-bond donors (Lipinski definition) is 0. The van der Waals surface area contributed by atoms with Crippen LogP contribution >= 0.6 is 23.2 Å². The number of imidazole rings is 1. The fraction of sp³-hybridized carbons (Fsp3) is 0.500. The molecule has 0 aliphatic rings. The van der Waals surface area contributed by atoms with Crippen LogP contribution < -0.4 is 0 Å². The van der Waals surface area contributed by atoms with Gasteiger partial charge >= 0.3 is 0 Å². The summed E-state index contributed by atoms with van der Waals surface area (Å²) >= 11 is 11.9. The zero-order chi connectivity index (χ0) is 14.2. The summed E-state index contributed by atoms with van der Waals surface area (Å²) in [4.78, 5) is 4.42. The van der Waals surface area contributed by atoms with Gasteiger partial charge in [-0.15, -0.1) is 11.6 Å². The van der Waals surface area contributed by atoms with Gasteiger partial charge in [0.2, 0.25) is 0 Å². The van der Waals surface area contributed by atoms with Crippen LogP contribution in [0.3, 0.4) is 0 Å². The van der Waals surface area contributed by atoms with Gasteiger partial charge in [0.1, 0.15) is 11.6 Å². The van der Waals surface area contributed by atoms with E-state index in [0.29, 0.717) is 17.3 Å². The maximum absolute atomic E-state index is 13.5. The van der Waals surface area contributed by atoms with Gasteiger partial charge in [0.15, 0.2) is 0 Å². The molecule has 1 aromatic carbocycles. The van der Waals surface area contributed by atoms with E-state index in [4.69, 9.17) is 23.2 Å². The Morgan fingerprint density at radius 1 is 1.37 bits per heavy atom. The number of nitrogens with zero attached hydrogens (tertiary/aromatic N) is 2. The smallest absolute Gasteiger partial charge is 0.144 e. The summed E-state index contributed by atoms with van der Waals surface area (Å²) in [5.41, 5.74) is 1.46. The largest absolute Gasteiger partial charge is 0.324 e. The molecule has 0 radical (unpaired) electrons. The topological polar surface area (TPSA) is 17.8 Å². The van der Waals surface area contributed by atoms with Crippen molar-refractivity contribution in [3.8, 4) is 0 Å². The number of hydrogen-bond acceptors (Lipinski definition) is 1. The Morgan fingerprint density at radius 2 is 2.05 bits per heavy atom. The molecule has 0 aliphatic heterocycles. The molecule has 2 nitrogen and oxygen atoms in total. The zero-order valence-corrected chi connectivity index (χ0v) is 12.8. The summed E-state index contributed by atoms with van der Waals surface area (Å²) in [5.74, 6) is 1.06. The number of fused-ring (bicyclic) bond motifs is 1. The fourth-order valence-corrected chi connectivity index (χ4v) is 2.90. The highest BCUT2D eigenvalue weighted by molar-refractivity contribution is 6.31. The zero-order valence-electron chi connectivity index (χ0n) is 11.3. The van der Waals surface area contributed by atoms with E-state index in [2.05, 4.69) is 30.3 Å². The van der Waals surface area contributed by atoms with Crippen molar-refractivity contribution < 1.29 is 4.39 Å². The Morgan fingerprint density at radius 3 is 2.58 bits per heavy atom. The van der Waals surface area contributed by atoms with Crippen molar-refractivity contribution in [2.45, 2.75) is 39.1 Å². The Kier molecular flexibility index (Phi) is 4.36. The number of alkyl halides is 1. The maximum Gasteiger partial charge on any atom is 0.144 e. The minimum Gasteiger partial charge on any atom is -0.324 e. The molecule has 0 amide bonds. The normalized spacial score (nSPS) is 13.4. The van der Waals surface area contributed by atoms with Crippen molar-refractivity contribution in [2.24, 2.45) is 5.92 Å². The average molecular weight is 303 g/mol. The third-order valence-corrected chi connectivity index (χ3v) is 3.97. The molecule has 0 aliphatic carbocycles. The second-order valence-corrected chi connectivity index (χ2v) is 5.68. The van der Waals surface area contributed by atoms with E-state index in [1.165, 1.54) is 6.07 Å². The van der Waals surface area contributed by atoms with Gasteiger partial charge in [-0.2, -0.15) is 0 Å². The number of benzene rings is 1. The molecule has 0 saturated heterocycles. The van der Waals surface area contributed by atoms with Crippen molar-refractivity contribution in [3.05, 3.63) is 28.8 Å². The van der Waals surface area contributed by atoms with E-state index in [-0.39, 0.29) is 11.1 Å². The van der Waals surface area contributed by atoms with Crippen LogP contribution in [0, 0.1) is 11.7 Å². The van der Waals surface area contributed by atoms with Crippen molar-refractivity contribution in [3.63, 3.8) is 0 Å². The molecule has 0 N–H and O–H groups in total. The minimum absolute atomic E-state index is 0.119. The summed E-state index contributed by atoms with van der Waals surface area (Å²) in [6, 6.07) is 3.29. The molecule has 1 aromatic heterocycles. The van der Waals surface area contributed by atoms with Gasteiger partial charge in [0.25, 0.3) is 0 Å². The molecule has 0 fully saturated rings. The number of rotatable bonds is 4. The lowest BCUT2D eigenvalue weighted by Gasteiger charge is -2.23. The molecule has 19 heavy (non-hydrogen) atoms. The SMILES string of the molecule is CCC(C(C)C)n1c(CCl)nc2cc(F)c(Cl)cc21. The molecule has 1 heterocycles. The number of aromatic nitrogens is 2. The van der Waals surface area contributed by atoms with Crippen LogP contribution in [0.1, 0.15) is 39.1 Å². The van der Waals surface area contributed by atoms with E-state index in [1.54, 1.807) is 6.07 Å². The van der Waals surface area contributed by atoms with Crippen LogP contribution in [-0.2, 0) is 5.88 Å². The van der Waals surface area contributed by atoms with E-state index >= 15 is 0 Å². The van der Waals surface area contributed by atoms with Gasteiger partial charge in [0.05, 0.1) is 21.9 Å². The first-order chi connectivity index (χ1) is 8.99. The molecule has 2 rings (SSSR count). The lowest BCUT2D eigenvalue weighted by molar-refractivity contribution is 0.367. The van der Waals surface area contributed by atoms with Crippen LogP contribution in [0.5, 0.6) is 0 Å². The van der Waals surface area contributed by atoms with E-state index < -0.39 is 5.82 Å². The molecule has 5 heteroatoms. The quantitative estimate of drug-likeness (QED) is 0.712. The highest BCUT2D eigenvalue weighted by atomic mass is 35.5. The highest BCUT2D eigenvalue weighted by Crippen LogP contribution is 2.31. The molecular formula is C14H17Cl2FN2. The van der Waals surface area contributed by atoms with Gasteiger partial charge in [-0.25, -0.2) is 9.37 Å². The summed E-state index contributed by atoms with van der Waals surface area (Å²) in [7, 11) is 0. The first kappa shape index (κ1) is 14.6. The van der Waals surface area contributed by atoms with Crippen molar-refractivity contribution in [2.75, 3.05) is 0 Å². The summed E-state index contributed by atoms with van der Waals surface area (Å²) < 4.78 is 15.6.